The quantitative estimate of drug-likeness (QED) is 0.790. The van der Waals surface area contributed by atoms with Gasteiger partial charge in [0.05, 0.1) is 6.04 Å². The maximum atomic E-state index is 11.9. The normalized spacial score (nSPS) is 25.6. The van der Waals surface area contributed by atoms with Crippen molar-refractivity contribution >= 4 is 6.09 Å². The topological polar surface area (TPSA) is 32.8 Å². The number of ether oxygens (including phenoxy) is 1. The maximum absolute atomic E-state index is 11.9. The highest BCUT2D eigenvalue weighted by molar-refractivity contribution is 5.71. The summed E-state index contributed by atoms with van der Waals surface area (Å²) in [5.74, 6) is 0. The van der Waals surface area contributed by atoms with E-state index in [4.69, 9.17) is 4.74 Å². The van der Waals surface area contributed by atoms with Crippen molar-refractivity contribution in [3.05, 3.63) is 35.4 Å². The Morgan fingerprint density at radius 2 is 1.80 bits per heavy atom. The molecule has 0 spiro atoms. The Balaban J connectivity index is 0.000000704. The first kappa shape index (κ1) is 14.9. The van der Waals surface area contributed by atoms with E-state index in [0.717, 1.165) is 25.2 Å². The third-order valence-corrected chi connectivity index (χ3v) is 3.84. The van der Waals surface area contributed by atoms with Crippen LogP contribution in [-0.2, 0) is 4.74 Å². The second-order valence-corrected chi connectivity index (χ2v) is 5.24. The first-order valence-electron chi connectivity index (χ1n) is 7.37. The lowest BCUT2D eigenvalue weighted by Gasteiger charge is -2.34. The molecule has 2 unspecified atom stereocenters. The largest absolute Gasteiger partial charge is 0.439 e. The first-order chi connectivity index (χ1) is 9.65. The molecule has 0 saturated carbocycles. The second-order valence-electron chi connectivity index (χ2n) is 5.24. The number of hydrogen-bond donors (Lipinski definition) is 0. The molecule has 0 aliphatic carbocycles. The van der Waals surface area contributed by atoms with E-state index >= 15 is 0 Å². The van der Waals surface area contributed by atoms with Crippen molar-refractivity contribution in [1.29, 1.82) is 0 Å². The molecule has 20 heavy (non-hydrogen) atoms. The first-order valence-corrected chi connectivity index (χ1v) is 7.37. The van der Waals surface area contributed by atoms with Gasteiger partial charge >= 0.3 is 6.09 Å². The van der Waals surface area contributed by atoms with Crippen LogP contribution in [0.1, 0.15) is 31.1 Å². The fourth-order valence-electron chi connectivity index (χ4n) is 2.74. The summed E-state index contributed by atoms with van der Waals surface area (Å²) < 4.78 is 5.54. The van der Waals surface area contributed by atoms with E-state index in [1.165, 1.54) is 5.56 Å². The molecule has 2 saturated heterocycles. The standard InChI is InChI=1S/C14H18N2O2.C2H6/c1-10-3-5-11(6-4-10)13-12-9-15(2)7-8-16(12)14(17)18-13;1-2/h3-6,12-13H,7-9H2,1-2H3;1-2H3. The number of amides is 1. The third kappa shape index (κ3) is 2.80. The van der Waals surface area contributed by atoms with E-state index in [-0.39, 0.29) is 18.2 Å². The number of likely N-dealkylation sites (N-methyl/N-ethyl adjacent to an activating group) is 1. The zero-order valence-electron chi connectivity index (χ0n) is 12.8. The second kappa shape index (κ2) is 6.27. The number of aryl methyl sites for hydroxylation is 1. The number of carbonyl (C=O) groups excluding carboxylic acids is 1. The highest BCUT2D eigenvalue weighted by Gasteiger charge is 2.44. The molecule has 3 rings (SSSR count). The molecule has 1 aromatic rings. The van der Waals surface area contributed by atoms with Gasteiger partial charge in [0, 0.05) is 19.6 Å². The van der Waals surface area contributed by atoms with Crippen LogP contribution in [0, 0.1) is 6.92 Å². The minimum absolute atomic E-state index is 0.124. The average Bonchev–Trinajstić information content (AvgIpc) is 2.78. The number of carbonyl (C=O) groups is 1. The van der Waals surface area contributed by atoms with Crippen LogP contribution in [0.25, 0.3) is 0 Å². The van der Waals surface area contributed by atoms with Gasteiger partial charge in [-0.1, -0.05) is 43.7 Å². The highest BCUT2D eigenvalue weighted by atomic mass is 16.6. The minimum Gasteiger partial charge on any atom is -0.439 e. The summed E-state index contributed by atoms with van der Waals surface area (Å²) in [4.78, 5) is 16.0. The zero-order valence-corrected chi connectivity index (χ0v) is 12.8. The van der Waals surface area contributed by atoms with Crippen LogP contribution in [0.4, 0.5) is 4.79 Å². The SMILES string of the molecule is CC.Cc1ccc(C2OC(=O)N3CCN(C)CC23)cc1. The van der Waals surface area contributed by atoms with Gasteiger partial charge in [0.25, 0.3) is 0 Å². The van der Waals surface area contributed by atoms with Gasteiger partial charge in [0.2, 0.25) is 0 Å². The lowest BCUT2D eigenvalue weighted by molar-refractivity contribution is 0.119. The molecule has 0 N–H and O–H groups in total. The number of piperazine rings is 1. The van der Waals surface area contributed by atoms with Gasteiger partial charge in [-0.3, -0.25) is 4.90 Å². The van der Waals surface area contributed by atoms with Crippen LogP contribution >= 0.6 is 0 Å². The minimum atomic E-state index is -0.168. The lowest BCUT2D eigenvalue weighted by atomic mass is 9.99. The lowest BCUT2D eigenvalue weighted by Crippen LogP contribution is -2.51. The molecule has 2 aliphatic heterocycles. The molecule has 2 atom stereocenters. The fraction of sp³-hybridized carbons (Fsp3) is 0.562. The molecule has 0 radical (unpaired) electrons. The van der Waals surface area contributed by atoms with Gasteiger partial charge in [0.15, 0.2) is 6.10 Å². The van der Waals surface area contributed by atoms with E-state index in [9.17, 15) is 4.79 Å². The van der Waals surface area contributed by atoms with Gasteiger partial charge in [-0.05, 0) is 19.5 Å². The van der Waals surface area contributed by atoms with Crippen LogP contribution < -0.4 is 0 Å². The van der Waals surface area contributed by atoms with Gasteiger partial charge in [-0.15, -0.1) is 0 Å². The van der Waals surface area contributed by atoms with Crippen LogP contribution in [0.2, 0.25) is 0 Å². The van der Waals surface area contributed by atoms with Crippen molar-refractivity contribution in [2.24, 2.45) is 0 Å². The molecule has 110 valence electrons. The molecule has 1 aromatic carbocycles. The fourth-order valence-corrected chi connectivity index (χ4v) is 2.74. The molecule has 1 amide bonds. The number of nitrogens with zero attached hydrogens (tertiary/aromatic N) is 2. The molecule has 0 bridgehead atoms. The van der Waals surface area contributed by atoms with Crippen LogP contribution in [-0.4, -0.2) is 48.6 Å². The number of rotatable bonds is 1. The zero-order chi connectivity index (χ0) is 14.7. The third-order valence-electron chi connectivity index (χ3n) is 3.84. The van der Waals surface area contributed by atoms with Gasteiger partial charge in [-0.2, -0.15) is 0 Å². The Bertz CT molecular complexity index is 458. The van der Waals surface area contributed by atoms with Crippen molar-refractivity contribution in [2.75, 3.05) is 26.7 Å². The summed E-state index contributed by atoms with van der Waals surface area (Å²) in [7, 11) is 2.09. The molecule has 4 heteroatoms. The number of benzene rings is 1. The Labute approximate surface area is 121 Å². The average molecular weight is 276 g/mol. The van der Waals surface area contributed by atoms with Gasteiger partial charge in [-0.25, -0.2) is 4.79 Å². The van der Waals surface area contributed by atoms with Crippen LogP contribution in [0.5, 0.6) is 0 Å². The van der Waals surface area contributed by atoms with Crippen molar-refractivity contribution in [3.8, 4) is 0 Å². The monoisotopic (exact) mass is 276 g/mol. The maximum Gasteiger partial charge on any atom is 0.410 e. The Morgan fingerprint density at radius 3 is 2.45 bits per heavy atom. The molecule has 0 aromatic heterocycles. The summed E-state index contributed by atoms with van der Waals surface area (Å²) in [5.41, 5.74) is 2.32. The predicted octanol–water partition coefficient (Wildman–Crippen LogP) is 2.83. The summed E-state index contributed by atoms with van der Waals surface area (Å²) in [5, 5.41) is 0. The number of cyclic esters (lactones) is 1. The molecular weight excluding hydrogens is 252 g/mol. The van der Waals surface area contributed by atoms with Crippen molar-refractivity contribution in [3.63, 3.8) is 0 Å². The predicted molar refractivity (Wildman–Crippen MR) is 79.7 cm³/mol. The van der Waals surface area contributed by atoms with E-state index in [1.54, 1.807) is 0 Å². The highest BCUT2D eigenvalue weighted by Crippen LogP contribution is 2.34. The smallest absolute Gasteiger partial charge is 0.410 e. The van der Waals surface area contributed by atoms with E-state index < -0.39 is 0 Å². The molecule has 2 fully saturated rings. The summed E-state index contributed by atoms with van der Waals surface area (Å²) in [6.07, 6.45) is -0.292. The summed E-state index contributed by atoms with van der Waals surface area (Å²) in [6, 6.07) is 8.41. The van der Waals surface area contributed by atoms with Crippen molar-refractivity contribution in [2.45, 2.75) is 32.9 Å². The summed E-state index contributed by atoms with van der Waals surface area (Å²) >= 11 is 0. The summed E-state index contributed by atoms with van der Waals surface area (Å²) in [6.45, 7) is 8.63. The van der Waals surface area contributed by atoms with Crippen LogP contribution in [0.15, 0.2) is 24.3 Å². The van der Waals surface area contributed by atoms with Gasteiger partial charge < -0.3 is 9.64 Å². The molecule has 2 heterocycles. The van der Waals surface area contributed by atoms with E-state index in [2.05, 4.69) is 43.1 Å². The van der Waals surface area contributed by atoms with Crippen molar-refractivity contribution in [1.82, 2.24) is 9.80 Å². The Hall–Kier alpha value is -1.55. The molecule has 2 aliphatic rings. The number of hydrogen-bond acceptors (Lipinski definition) is 3. The Morgan fingerprint density at radius 1 is 1.15 bits per heavy atom. The molecular formula is C16H24N2O2. The number of fused-ring (bicyclic) bond motifs is 1. The van der Waals surface area contributed by atoms with E-state index in [0.29, 0.717) is 0 Å². The van der Waals surface area contributed by atoms with Crippen molar-refractivity contribution < 1.29 is 9.53 Å². The Kier molecular flexibility index (Phi) is 4.65. The van der Waals surface area contributed by atoms with E-state index in [1.807, 2.05) is 18.7 Å². The van der Waals surface area contributed by atoms with Crippen LogP contribution in [0.3, 0.4) is 0 Å². The molecule has 4 nitrogen and oxygen atoms in total. The van der Waals surface area contributed by atoms with Gasteiger partial charge in [0.1, 0.15) is 0 Å².